The second kappa shape index (κ2) is 9.05. The fourth-order valence-electron chi connectivity index (χ4n) is 7.40. The van der Waals surface area contributed by atoms with Crippen molar-refractivity contribution in [1.29, 1.82) is 0 Å². The van der Waals surface area contributed by atoms with Gasteiger partial charge in [0.1, 0.15) is 33.4 Å². The Morgan fingerprint density at radius 2 is 1.04 bits per heavy atom. The Bertz CT molecular complexity index is 2880. The Morgan fingerprint density at radius 3 is 1.74 bits per heavy atom. The molecule has 5 heteroatoms. The van der Waals surface area contributed by atoms with Gasteiger partial charge in [0.2, 0.25) is 5.71 Å². The number of furan rings is 3. The molecule has 0 aliphatic heterocycles. The predicted molar refractivity (Wildman–Crippen MR) is 190 cm³/mol. The third-order valence-electron chi connectivity index (χ3n) is 9.54. The van der Waals surface area contributed by atoms with Gasteiger partial charge in [-0.25, -0.2) is 9.97 Å². The van der Waals surface area contributed by atoms with Crippen molar-refractivity contribution in [1.82, 2.24) is 9.97 Å². The Labute approximate surface area is 266 Å². The largest absolute Gasteiger partial charge is 0.455 e. The van der Waals surface area contributed by atoms with E-state index in [4.69, 9.17) is 23.2 Å². The minimum atomic E-state index is 0.497. The molecule has 4 aromatic heterocycles. The summed E-state index contributed by atoms with van der Waals surface area (Å²) >= 11 is 0. The minimum Gasteiger partial charge on any atom is -0.455 e. The van der Waals surface area contributed by atoms with Gasteiger partial charge < -0.3 is 13.3 Å². The third kappa shape index (κ3) is 3.43. The summed E-state index contributed by atoms with van der Waals surface area (Å²) in [6.45, 7) is 0. The van der Waals surface area contributed by atoms with Crippen LogP contribution in [0.1, 0.15) is 0 Å². The molecule has 0 N–H and O–H groups in total. The lowest BCUT2D eigenvalue weighted by molar-refractivity contribution is 0.653. The van der Waals surface area contributed by atoms with Crippen LogP contribution in [-0.2, 0) is 0 Å². The van der Waals surface area contributed by atoms with Crippen molar-refractivity contribution in [2.45, 2.75) is 0 Å². The molecule has 0 fully saturated rings. The average molecular weight is 603 g/mol. The van der Waals surface area contributed by atoms with Gasteiger partial charge in [0, 0.05) is 38.1 Å². The van der Waals surface area contributed by atoms with E-state index >= 15 is 0 Å². The van der Waals surface area contributed by atoms with E-state index < -0.39 is 0 Å². The number of aromatic nitrogens is 2. The monoisotopic (exact) mass is 602 g/mol. The summed E-state index contributed by atoms with van der Waals surface area (Å²) in [4.78, 5) is 9.87. The highest BCUT2D eigenvalue weighted by atomic mass is 16.3. The molecule has 218 valence electrons. The summed E-state index contributed by atoms with van der Waals surface area (Å²) in [6, 6.07) is 44.0. The van der Waals surface area contributed by atoms with Gasteiger partial charge in [-0.15, -0.1) is 0 Å². The molecular weight excluding hydrogens is 580 g/mol. The molecule has 0 bridgehead atoms. The number of rotatable bonds is 2. The van der Waals surface area contributed by atoms with Crippen molar-refractivity contribution in [2.24, 2.45) is 0 Å². The van der Waals surface area contributed by atoms with Crippen LogP contribution in [0.3, 0.4) is 0 Å². The Hall–Kier alpha value is -6.46. The molecule has 0 unspecified atom stereocenters. The van der Waals surface area contributed by atoms with Crippen LogP contribution < -0.4 is 0 Å². The first-order valence-electron chi connectivity index (χ1n) is 15.6. The normalized spacial score (nSPS) is 12.3. The predicted octanol–water partition coefficient (Wildman–Crippen LogP) is 11.8. The number of nitrogens with zero attached hydrogens (tertiary/aromatic N) is 2. The highest BCUT2D eigenvalue weighted by molar-refractivity contribution is 6.22. The second-order valence-corrected chi connectivity index (χ2v) is 12.1. The quantitative estimate of drug-likeness (QED) is 0.197. The van der Waals surface area contributed by atoms with E-state index in [0.717, 1.165) is 77.2 Å². The first kappa shape index (κ1) is 24.8. The van der Waals surface area contributed by atoms with E-state index in [0.29, 0.717) is 11.2 Å². The van der Waals surface area contributed by atoms with Crippen molar-refractivity contribution in [2.75, 3.05) is 0 Å². The van der Waals surface area contributed by atoms with Crippen LogP contribution in [0.2, 0.25) is 0 Å². The molecule has 5 nitrogen and oxygen atoms in total. The van der Waals surface area contributed by atoms with E-state index in [1.54, 1.807) is 6.20 Å². The lowest BCUT2D eigenvalue weighted by atomic mass is 9.99. The van der Waals surface area contributed by atoms with Crippen molar-refractivity contribution < 1.29 is 13.3 Å². The van der Waals surface area contributed by atoms with Gasteiger partial charge in [-0.05, 0) is 57.4 Å². The molecule has 0 atom stereocenters. The molecule has 0 saturated heterocycles. The fraction of sp³-hybridized carbons (Fsp3) is 0. The summed E-state index contributed by atoms with van der Waals surface area (Å²) in [5.41, 5.74) is 8.99. The van der Waals surface area contributed by atoms with Crippen LogP contribution in [0.25, 0.3) is 110 Å². The van der Waals surface area contributed by atoms with Gasteiger partial charge >= 0.3 is 0 Å². The first-order valence-corrected chi connectivity index (χ1v) is 15.6. The Balaban J connectivity index is 1.11. The smallest absolute Gasteiger partial charge is 0.246 e. The summed E-state index contributed by atoms with van der Waals surface area (Å²) in [5.74, 6) is 0. The van der Waals surface area contributed by atoms with Gasteiger partial charge in [-0.3, -0.25) is 0 Å². The maximum Gasteiger partial charge on any atom is 0.246 e. The number of benzene rings is 7. The highest BCUT2D eigenvalue weighted by Gasteiger charge is 2.19. The zero-order valence-corrected chi connectivity index (χ0v) is 24.8. The zero-order chi connectivity index (χ0) is 30.6. The molecule has 4 heterocycles. The molecule has 0 amide bonds. The second-order valence-electron chi connectivity index (χ2n) is 12.1. The van der Waals surface area contributed by atoms with Gasteiger partial charge in [-0.1, -0.05) is 97.1 Å². The maximum absolute atomic E-state index is 6.53. The van der Waals surface area contributed by atoms with Crippen LogP contribution in [-0.4, -0.2) is 9.97 Å². The van der Waals surface area contributed by atoms with E-state index in [9.17, 15) is 0 Å². The average Bonchev–Trinajstić information content (AvgIpc) is 3.82. The Kier molecular flexibility index (Phi) is 4.78. The van der Waals surface area contributed by atoms with Crippen molar-refractivity contribution in [3.63, 3.8) is 0 Å². The minimum absolute atomic E-state index is 0.497. The van der Waals surface area contributed by atoms with E-state index in [1.807, 2.05) is 18.2 Å². The number of hydrogen-bond donors (Lipinski definition) is 0. The molecule has 47 heavy (non-hydrogen) atoms. The molecule has 0 radical (unpaired) electrons. The van der Waals surface area contributed by atoms with E-state index in [2.05, 4.69) is 109 Å². The summed E-state index contributed by atoms with van der Waals surface area (Å²) in [6.07, 6.45) is 1.77. The number of para-hydroxylation sites is 2. The van der Waals surface area contributed by atoms with Gasteiger partial charge in [-0.2, -0.15) is 0 Å². The molecule has 0 spiro atoms. The Morgan fingerprint density at radius 1 is 0.447 bits per heavy atom. The zero-order valence-electron chi connectivity index (χ0n) is 24.8. The molecule has 7 aromatic carbocycles. The highest BCUT2D eigenvalue weighted by Crippen LogP contribution is 2.42. The molecule has 0 aliphatic rings. The molecular formula is C42H22N2O3. The summed E-state index contributed by atoms with van der Waals surface area (Å²) in [7, 11) is 0. The van der Waals surface area contributed by atoms with Crippen LogP contribution in [0.4, 0.5) is 0 Å². The summed E-state index contributed by atoms with van der Waals surface area (Å²) < 4.78 is 19.2. The van der Waals surface area contributed by atoms with Crippen LogP contribution in [0, 0.1) is 0 Å². The standard InChI is InChI=1S/C42H22N2O3/c1-3-9-26-23(7-1)15-19-35-37(26)30-13-5-11-28(40(30)45-35)25-17-18-34-32(21-25)39-42(47-34)43-22-33(44-39)29-12-6-14-31-38-27-10-4-2-8-24(27)16-20-36(38)46-41(29)31/h1-22H. The third-order valence-corrected chi connectivity index (χ3v) is 9.54. The lowest BCUT2D eigenvalue weighted by Gasteiger charge is -2.04. The lowest BCUT2D eigenvalue weighted by Crippen LogP contribution is -1.87. The van der Waals surface area contributed by atoms with Crippen molar-refractivity contribution in [3.8, 4) is 22.4 Å². The molecule has 11 rings (SSSR count). The van der Waals surface area contributed by atoms with Crippen LogP contribution >= 0.6 is 0 Å². The molecule has 11 aromatic rings. The van der Waals surface area contributed by atoms with Gasteiger partial charge in [0.05, 0.1) is 11.9 Å². The summed E-state index contributed by atoms with van der Waals surface area (Å²) in [5, 5.41) is 10.0. The first-order chi connectivity index (χ1) is 23.3. The van der Waals surface area contributed by atoms with E-state index in [1.165, 1.54) is 21.5 Å². The van der Waals surface area contributed by atoms with Crippen LogP contribution in [0.15, 0.2) is 147 Å². The molecule has 0 saturated carbocycles. The topological polar surface area (TPSA) is 65.2 Å². The van der Waals surface area contributed by atoms with Gasteiger partial charge in [0.25, 0.3) is 0 Å². The van der Waals surface area contributed by atoms with Crippen LogP contribution in [0.5, 0.6) is 0 Å². The number of fused-ring (bicyclic) bond motifs is 13. The molecule has 0 aliphatic carbocycles. The SMILES string of the molecule is c1ccc2c(c1)ccc1oc3c(-c4ccc5oc6ncc(-c7cccc8c7oc7ccc9ccccc9c78)nc6c5c4)cccc3c12. The fourth-order valence-corrected chi connectivity index (χ4v) is 7.40. The van der Waals surface area contributed by atoms with E-state index in [-0.39, 0.29) is 0 Å². The van der Waals surface area contributed by atoms with Crippen molar-refractivity contribution in [3.05, 3.63) is 134 Å². The van der Waals surface area contributed by atoms with Gasteiger partial charge in [0.15, 0.2) is 0 Å². The van der Waals surface area contributed by atoms with Crippen molar-refractivity contribution >= 4 is 87.6 Å². The maximum atomic E-state index is 6.53. The number of hydrogen-bond acceptors (Lipinski definition) is 5.